The van der Waals surface area contributed by atoms with Crippen LogP contribution in [0.1, 0.15) is 12.5 Å². The first-order valence-electron chi connectivity index (χ1n) is 4.31. The Balaban J connectivity index is 2.74. The topological polar surface area (TPSA) is 40.1 Å². The van der Waals surface area contributed by atoms with Crippen molar-refractivity contribution in [1.29, 1.82) is 0 Å². The summed E-state index contributed by atoms with van der Waals surface area (Å²) in [7, 11) is 0. The third-order valence-electron chi connectivity index (χ3n) is 1.68. The van der Waals surface area contributed by atoms with Gasteiger partial charge >= 0.3 is 0 Å². The van der Waals surface area contributed by atoms with Gasteiger partial charge in [-0.05, 0) is 18.6 Å². The van der Waals surface area contributed by atoms with Gasteiger partial charge in [-0.3, -0.25) is 0 Å². The molecule has 0 N–H and O–H groups in total. The van der Waals surface area contributed by atoms with Gasteiger partial charge in [0.25, 0.3) is 0 Å². The highest BCUT2D eigenvalue weighted by molar-refractivity contribution is 5.78. The van der Waals surface area contributed by atoms with Crippen LogP contribution in [-0.2, 0) is 4.79 Å². The standard InChI is InChI=1S/C12H12O2/c1-10(7-8-12(13)14)9-11-5-3-2-4-6-11/h2-9H,1H3,(H,13,14)/p-1/b8-7+,10-9-. The highest BCUT2D eigenvalue weighted by Crippen LogP contribution is 2.06. The van der Waals surface area contributed by atoms with Gasteiger partial charge in [-0.15, -0.1) is 0 Å². The third-order valence-corrected chi connectivity index (χ3v) is 1.68. The second-order valence-corrected chi connectivity index (χ2v) is 2.95. The summed E-state index contributed by atoms with van der Waals surface area (Å²) >= 11 is 0. The smallest absolute Gasteiger partial charge is 0.0642 e. The molecule has 1 aromatic carbocycles. The van der Waals surface area contributed by atoms with Crippen LogP contribution in [-0.4, -0.2) is 5.97 Å². The van der Waals surface area contributed by atoms with E-state index in [9.17, 15) is 9.90 Å². The fourth-order valence-corrected chi connectivity index (χ4v) is 1.06. The summed E-state index contributed by atoms with van der Waals surface area (Å²) in [6, 6.07) is 9.71. The lowest BCUT2D eigenvalue weighted by atomic mass is 10.1. The largest absolute Gasteiger partial charge is 0.545 e. The molecule has 14 heavy (non-hydrogen) atoms. The number of hydrogen-bond acceptors (Lipinski definition) is 2. The maximum Gasteiger partial charge on any atom is 0.0642 e. The Hall–Kier alpha value is -1.83. The molecule has 0 atom stereocenters. The lowest BCUT2D eigenvalue weighted by Gasteiger charge is -1.95. The Morgan fingerprint density at radius 1 is 1.21 bits per heavy atom. The van der Waals surface area contributed by atoms with E-state index < -0.39 is 5.97 Å². The molecule has 0 aromatic heterocycles. The van der Waals surface area contributed by atoms with E-state index in [0.717, 1.165) is 17.2 Å². The van der Waals surface area contributed by atoms with Crippen LogP contribution in [0.2, 0.25) is 0 Å². The number of carbonyl (C=O) groups is 1. The van der Waals surface area contributed by atoms with E-state index in [1.54, 1.807) is 0 Å². The normalized spacial score (nSPS) is 11.9. The van der Waals surface area contributed by atoms with Crippen LogP contribution >= 0.6 is 0 Å². The molecule has 2 heteroatoms. The Kier molecular flexibility index (Phi) is 3.68. The van der Waals surface area contributed by atoms with Crippen LogP contribution in [0, 0.1) is 0 Å². The average Bonchev–Trinajstić information content (AvgIpc) is 2.16. The fourth-order valence-electron chi connectivity index (χ4n) is 1.06. The Bertz CT molecular complexity index is 361. The highest BCUT2D eigenvalue weighted by atomic mass is 16.4. The molecule has 2 nitrogen and oxygen atoms in total. The highest BCUT2D eigenvalue weighted by Gasteiger charge is 1.85. The molecule has 0 fully saturated rings. The average molecular weight is 187 g/mol. The molecule has 0 saturated carbocycles. The van der Waals surface area contributed by atoms with Crippen LogP contribution in [0.25, 0.3) is 6.08 Å². The van der Waals surface area contributed by atoms with E-state index in [4.69, 9.17) is 0 Å². The molecule has 0 bridgehead atoms. The first-order valence-corrected chi connectivity index (χ1v) is 4.31. The van der Waals surface area contributed by atoms with Crippen molar-refractivity contribution in [2.45, 2.75) is 6.92 Å². The Labute approximate surface area is 83.2 Å². The molecule has 0 radical (unpaired) electrons. The maximum absolute atomic E-state index is 10.1. The van der Waals surface area contributed by atoms with Crippen molar-refractivity contribution in [1.82, 2.24) is 0 Å². The summed E-state index contributed by atoms with van der Waals surface area (Å²) in [5.74, 6) is -1.18. The molecule has 0 aliphatic rings. The lowest BCUT2D eigenvalue weighted by Crippen LogP contribution is -2.18. The van der Waals surface area contributed by atoms with Gasteiger partial charge in [0.05, 0.1) is 5.97 Å². The summed E-state index contributed by atoms with van der Waals surface area (Å²) < 4.78 is 0. The van der Waals surface area contributed by atoms with Gasteiger partial charge in [-0.25, -0.2) is 0 Å². The van der Waals surface area contributed by atoms with Crippen LogP contribution in [0.15, 0.2) is 48.1 Å². The summed E-state index contributed by atoms with van der Waals surface area (Å²) in [5.41, 5.74) is 1.92. The van der Waals surface area contributed by atoms with Gasteiger partial charge < -0.3 is 9.90 Å². The van der Waals surface area contributed by atoms with Gasteiger partial charge in [-0.2, -0.15) is 0 Å². The number of benzene rings is 1. The number of carboxylic acids is 1. The summed E-state index contributed by atoms with van der Waals surface area (Å²) in [4.78, 5) is 10.1. The second-order valence-electron chi connectivity index (χ2n) is 2.95. The van der Waals surface area contributed by atoms with Crippen molar-refractivity contribution >= 4 is 12.0 Å². The first kappa shape index (κ1) is 10.3. The van der Waals surface area contributed by atoms with Crippen molar-refractivity contribution in [3.63, 3.8) is 0 Å². The monoisotopic (exact) mass is 187 g/mol. The minimum atomic E-state index is -1.18. The molecule has 1 aromatic rings. The van der Waals surface area contributed by atoms with Crippen LogP contribution in [0.3, 0.4) is 0 Å². The van der Waals surface area contributed by atoms with Crippen LogP contribution in [0.4, 0.5) is 0 Å². The third kappa shape index (κ3) is 3.72. The van der Waals surface area contributed by atoms with Crippen LogP contribution < -0.4 is 5.11 Å². The van der Waals surface area contributed by atoms with Crippen molar-refractivity contribution in [2.75, 3.05) is 0 Å². The van der Waals surface area contributed by atoms with Gasteiger partial charge in [0.1, 0.15) is 0 Å². The number of carbonyl (C=O) groups excluding carboxylic acids is 1. The fraction of sp³-hybridized carbons (Fsp3) is 0.0833. The van der Waals surface area contributed by atoms with E-state index in [1.807, 2.05) is 43.3 Å². The maximum atomic E-state index is 10.1. The van der Waals surface area contributed by atoms with Crippen molar-refractivity contribution in [2.24, 2.45) is 0 Å². The van der Waals surface area contributed by atoms with Crippen LogP contribution in [0.5, 0.6) is 0 Å². The van der Waals surface area contributed by atoms with E-state index in [-0.39, 0.29) is 0 Å². The molecular formula is C12H11O2-. The van der Waals surface area contributed by atoms with Gasteiger partial charge in [0.2, 0.25) is 0 Å². The SMILES string of the molecule is CC(=C/c1ccccc1)/C=C/C(=O)[O-]. The lowest BCUT2D eigenvalue weighted by molar-refractivity contribution is -0.297. The predicted octanol–water partition coefficient (Wildman–Crippen LogP) is 1.40. The molecular weight excluding hydrogens is 176 g/mol. The first-order chi connectivity index (χ1) is 6.68. The molecule has 0 heterocycles. The van der Waals surface area contributed by atoms with E-state index >= 15 is 0 Å². The van der Waals surface area contributed by atoms with E-state index in [2.05, 4.69) is 0 Å². The molecule has 0 spiro atoms. The molecule has 0 amide bonds. The summed E-state index contributed by atoms with van der Waals surface area (Å²) in [5, 5.41) is 10.1. The molecule has 0 saturated heterocycles. The Morgan fingerprint density at radius 2 is 1.86 bits per heavy atom. The molecule has 1 rings (SSSR count). The zero-order chi connectivity index (χ0) is 10.4. The van der Waals surface area contributed by atoms with E-state index in [1.165, 1.54) is 6.08 Å². The number of hydrogen-bond donors (Lipinski definition) is 0. The zero-order valence-electron chi connectivity index (χ0n) is 7.94. The predicted molar refractivity (Wildman–Crippen MR) is 54.2 cm³/mol. The molecule has 0 aliphatic heterocycles. The molecule has 0 unspecified atom stereocenters. The van der Waals surface area contributed by atoms with Gasteiger partial charge in [-0.1, -0.05) is 48.1 Å². The Morgan fingerprint density at radius 3 is 2.43 bits per heavy atom. The molecule has 0 aliphatic carbocycles. The number of rotatable bonds is 3. The minimum Gasteiger partial charge on any atom is -0.545 e. The second kappa shape index (κ2) is 5.02. The van der Waals surface area contributed by atoms with Crippen molar-refractivity contribution in [3.8, 4) is 0 Å². The zero-order valence-corrected chi connectivity index (χ0v) is 7.94. The molecule has 72 valence electrons. The van der Waals surface area contributed by atoms with E-state index in [0.29, 0.717) is 0 Å². The summed E-state index contributed by atoms with van der Waals surface area (Å²) in [6.45, 7) is 1.84. The number of carboxylic acid groups (broad SMARTS) is 1. The number of allylic oxidation sites excluding steroid dienone is 2. The quantitative estimate of drug-likeness (QED) is 0.530. The minimum absolute atomic E-state index is 0.875. The van der Waals surface area contributed by atoms with Gasteiger partial charge in [0.15, 0.2) is 0 Å². The van der Waals surface area contributed by atoms with Crippen molar-refractivity contribution < 1.29 is 9.90 Å². The van der Waals surface area contributed by atoms with Gasteiger partial charge in [0, 0.05) is 0 Å². The number of aliphatic carboxylic acids is 1. The summed E-state index contributed by atoms with van der Waals surface area (Å²) in [6.07, 6.45) is 4.44. The van der Waals surface area contributed by atoms with Crippen molar-refractivity contribution in [3.05, 3.63) is 53.6 Å².